The van der Waals surface area contributed by atoms with Crippen LogP contribution >= 0.6 is 24.0 Å². The predicted molar refractivity (Wildman–Crippen MR) is 121 cm³/mol. The van der Waals surface area contributed by atoms with Crippen LogP contribution in [-0.4, -0.2) is 87.4 Å². The second-order valence-corrected chi connectivity index (χ2v) is 8.18. The van der Waals surface area contributed by atoms with E-state index in [-0.39, 0.29) is 29.5 Å². The van der Waals surface area contributed by atoms with Crippen molar-refractivity contribution in [2.45, 2.75) is 45.6 Å². The van der Waals surface area contributed by atoms with E-state index in [9.17, 15) is 0 Å². The summed E-state index contributed by atoms with van der Waals surface area (Å²) >= 11 is 0. The number of guanidine groups is 1. The van der Waals surface area contributed by atoms with Gasteiger partial charge in [-0.15, -0.1) is 24.0 Å². The van der Waals surface area contributed by atoms with Crippen molar-refractivity contribution < 1.29 is 4.74 Å². The molecule has 154 valence electrons. The minimum absolute atomic E-state index is 0. The van der Waals surface area contributed by atoms with Crippen LogP contribution in [0.5, 0.6) is 0 Å². The normalized spacial score (nSPS) is 21.8. The zero-order chi connectivity index (χ0) is 18.1. The molecule has 2 saturated heterocycles. The zero-order valence-electron chi connectivity index (χ0n) is 17.2. The van der Waals surface area contributed by atoms with Gasteiger partial charge in [0.15, 0.2) is 5.96 Å². The average molecular weight is 481 g/mol. The van der Waals surface area contributed by atoms with E-state index in [2.05, 4.69) is 46.2 Å². The highest BCUT2D eigenvalue weighted by atomic mass is 127. The van der Waals surface area contributed by atoms with Crippen molar-refractivity contribution in [3.63, 3.8) is 0 Å². The van der Waals surface area contributed by atoms with Crippen molar-refractivity contribution in [3.8, 4) is 0 Å². The fourth-order valence-corrected chi connectivity index (χ4v) is 3.72. The fourth-order valence-electron chi connectivity index (χ4n) is 3.72. The topological polar surface area (TPSA) is 52.1 Å². The molecule has 2 aliphatic rings. The van der Waals surface area contributed by atoms with Crippen LogP contribution in [0.15, 0.2) is 4.99 Å². The number of ether oxygens (including phenoxy) is 1. The van der Waals surface area contributed by atoms with Crippen LogP contribution in [-0.2, 0) is 4.74 Å². The summed E-state index contributed by atoms with van der Waals surface area (Å²) in [5, 5.41) is 7.01. The maximum absolute atomic E-state index is 5.47. The molecule has 2 N–H and O–H groups in total. The molecule has 1 atom stereocenters. The summed E-state index contributed by atoms with van der Waals surface area (Å²) in [5.74, 6) is 1.54. The number of morpholine rings is 1. The summed E-state index contributed by atoms with van der Waals surface area (Å²) in [6.07, 6.45) is 4.12. The van der Waals surface area contributed by atoms with Crippen molar-refractivity contribution in [1.82, 2.24) is 20.4 Å². The third-order valence-corrected chi connectivity index (χ3v) is 5.42. The molecule has 0 aliphatic carbocycles. The number of halogens is 1. The summed E-state index contributed by atoms with van der Waals surface area (Å²) in [6, 6.07) is 0. The Morgan fingerprint density at radius 3 is 2.35 bits per heavy atom. The molecular formula is C19H40IN5O. The number of nitrogens with one attached hydrogen (secondary N) is 2. The van der Waals surface area contributed by atoms with Crippen molar-refractivity contribution in [1.29, 1.82) is 0 Å². The molecule has 0 amide bonds. The van der Waals surface area contributed by atoms with Gasteiger partial charge in [-0.2, -0.15) is 0 Å². The molecule has 6 nitrogen and oxygen atoms in total. The molecule has 0 aromatic rings. The molecule has 26 heavy (non-hydrogen) atoms. The minimum Gasteiger partial charge on any atom is -0.379 e. The lowest BCUT2D eigenvalue weighted by molar-refractivity contribution is -0.00834. The number of aliphatic imine (C=N–C) groups is 1. The quantitative estimate of drug-likeness (QED) is 0.331. The second kappa shape index (κ2) is 12.4. The molecule has 1 unspecified atom stereocenters. The molecule has 0 aromatic heterocycles. The minimum atomic E-state index is 0. The Morgan fingerprint density at radius 1 is 1.08 bits per heavy atom. The van der Waals surface area contributed by atoms with Gasteiger partial charge in [0.05, 0.1) is 13.2 Å². The first-order chi connectivity index (χ1) is 12.0. The molecule has 0 aromatic carbocycles. The van der Waals surface area contributed by atoms with Gasteiger partial charge in [0.1, 0.15) is 0 Å². The molecule has 0 radical (unpaired) electrons. The molecule has 2 heterocycles. The molecule has 2 fully saturated rings. The van der Waals surface area contributed by atoms with Crippen LogP contribution in [0.3, 0.4) is 0 Å². The maximum Gasteiger partial charge on any atom is 0.191 e. The van der Waals surface area contributed by atoms with Gasteiger partial charge in [0.2, 0.25) is 0 Å². The van der Waals surface area contributed by atoms with Crippen molar-refractivity contribution in [2.24, 2.45) is 10.9 Å². The molecule has 2 rings (SSSR count). The van der Waals surface area contributed by atoms with E-state index in [1.807, 2.05) is 7.05 Å². The Hall–Kier alpha value is -0.120. The Balaban J connectivity index is 0.00000338. The van der Waals surface area contributed by atoms with Gasteiger partial charge in [-0.3, -0.25) is 9.89 Å². The lowest BCUT2D eigenvalue weighted by atomic mass is 10.0. The Labute approximate surface area is 177 Å². The smallest absolute Gasteiger partial charge is 0.191 e. The Morgan fingerprint density at radius 2 is 1.73 bits per heavy atom. The monoisotopic (exact) mass is 481 g/mol. The van der Waals surface area contributed by atoms with Crippen LogP contribution in [0.1, 0.15) is 40.0 Å². The number of hydrogen-bond donors (Lipinski definition) is 2. The van der Waals surface area contributed by atoms with Gasteiger partial charge < -0.3 is 20.3 Å². The van der Waals surface area contributed by atoms with Gasteiger partial charge in [-0.25, -0.2) is 0 Å². The maximum atomic E-state index is 5.47. The second-order valence-electron chi connectivity index (χ2n) is 8.18. The number of likely N-dealkylation sites (tertiary alicyclic amines) is 1. The van der Waals surface area contributed by atoms with E-state index in [0.29, 0.717) is 5.92 Å². The van der Waals surface area contributed by atoms with E-state index in [1.165, 1.54) is 38.9 Å². The average Bonchev–Trinajstić information content (AvgIpc) is 2.63. The first-order valence-electron chi connectivity index (χ1n) is 10.0. The van der Waals surface area contributed by atoms with Gasteiger partial charge in [0.25, 0.3) is 0 Å². The lowest BCUT2D eigenvalue weighted by Crippen LogP contribution is -2.56. The van der Waals surface area contributed by atoms with Crippen LogP contribution < -0.4 is 10.6 Å². The molecular weight excluding hydrogens is 441 g/mol. The summed E-state index contributed by atoms with van der Waals surface area (Å²) in [6.45, 7) is 16.2. The number of nitrogens with zero attached hydrogens (tertiary/aromatic N) is 3. The highest BCUT2D eigenvalue weighted by Gasteiger charge is 2.28. The summed E-state index contributed by atoms with van der Waals surface area (Å²) in [7, 11) is 1.85. The van der Waals surface area contributed by atoms with E-state index >= 15 is 0 Å². The Kier molecular flexibility index (Phi) is 11.4. The SMILES string of the molecule is CN=C(NCC(C)CN1CCCCC1)NCC(C)(C)N1CCOCC1.I. The van der Waals surface area contributed by atoms with E-state index in [0.717, 1.165) is 45.4 Å². The molecule has 0 spiro atoms. The zero-order valence-corrected chi connectivity index (χ0v) is 19.6. The molecule has 7 heteroatoms. The molecule has 0 saturated carbocycles. The van der Waals surface area contributed by atoms with Crippen LogP contribution in [0.4, 0.5) is 0 Å². The fraction of sp³-hybridized carbons (Fsp3) is 0.947. The van der Waals surface area contributed by atoms with Gasteiger partial charge >= 0.3 is 0 Å². The number of hydrogen-bond acceptors (Lipinski definition) is 4. The van der Waals surface area contributed by atoms with Gasteiger partial charge in [-0.05, 0) is 45.7 Å². The van der Waals surface area contributed by atoms with Gasteiger partial charge in [-0.1, -0.05) is 13.3 Å². The molecule has 0 bridgehead atoms. The van der Waals surface area contributed by atoms with E-state index in [4.69, 9.17) is 4.74 Å². The van der Waals surface area contributed by atoms with Gasteiger partial charge in [0, 0.05) is 45.3 Å². The Bertz CT molecular complexity index is 407. The highest BCUT2D eigenvalue weighted by molar-refractivity contribution is 14.0. The summed E-state index contributed by atoms with van der Waals surface area (Å²) in [4.78, 5) is 9.49. The summed E-state index contributed by atoms with van der Waals surface area (Å²) in [5.41, 5.74) is 0.0980. The van der Waals surface area contributed by atoms with Crippen molar-refractivity contribution >= 4 is 29.9 Å². The van der Waals surface area contributed by atoms with Crippen molar-refractivity contribution in [3.05, 3.63) is 0 Å². The lowest BCUT2D eigenvalue weighted by Gasteiger charge is -2.41. The molecule has 2 aliphatic heterocycles. The largest absolute Gasteiger partial charge is 0.379 e. The number of piperidine rings is 1. The van der Waals surface area contributed by atoms with Crippen LogP contribution in [0, 0.1) is 5.92 Å². The van der Waals surface area contributed by atoms with Crippen LogP contribution in [0.25, 0.3) is 0 Å². The third kappa shape index (κ3) is 8.27. The van der Waals surface area contributed by atoms with Crippen LogP contribution in [0.2, 0.25) is 0 Å². The highest BCUT2D eigenvalue weighted by Crippen LogP contribution is 2.15. The first-order valence-corrected chi connectivity index (χ1v) is 10.0. The summed E-state index contributed by atoms with van der Waals surface area (Å²) < 4.78 is 5.47. The first kappa shape index (κ1) is 23.9. The van der Waals surface area contributed by atoms with E-state index in [1.54, 1.807) is 0 Å². The van der Waals surface area contributed by atoms with E-state index < -0.39 is 0 Å². The van der Waals surface area contributed by atoms with Crippen molar-refractivity contribution in [2.75, 3.05) is 66.1 Å². The number of rotatable bonds is 7. The predicted octanol–water partition coefficient (Wildman–Crippen LogP) is 2.00. The standard InChI is InChI=1S/C19H39N5O.HI/c1-17(15-23-8-6-5-7-9-23)14-21-18(20-4)22-16-19(2,3)24-10-12-25-13-11-24;/h17H,5-16H2,1-4H3,(H2,20,21,22);1H. The third-order valence-electron chi connectivity index (χ3n) is 5.42.